The summed E-state index contributed by atoms with van der Waals surface area (Å²) < 4.78 is 41.1. The van der Waals surface area contributed by atoms with Crippen molar-refractivity contribution in [3.05, 3.63) is 11.9 Å². The van der Waals surface area contributed by atoms with Gasteiger partial charge < -0.3 is 4.74 Å². The van der Waals surface area contributed by atoms with E-state index in [1.54, 1.807) is 6.20 Å². The van der Waals surface area contributed by atoms with Crippen LogP contribution in [-0.4, -0.2) is 34.4 Å². The number of aromatic nitrogens is 3. The number of halogens is 4. The van der Waals surface area contributed by atoms with Crippen LogP contribution in [0.25, 0.3) is 0 Å². The highest BCUT2D eigenvalue weighted by Crippen LogP contribution is 2.20. The zero-order valence-corrected chi connectivity index (χ0v) is 10.0. The van der Waals surface area contributed by atoms with Crippen LogP contribution in [0.2, 0.25) is 0 Å². The van der Waals surface area contributed by atoms with Gasteiger partial charge in [-0.05, 0) is 6.42 Å². The molecule has 1 rings (SSSR count). The van der Waals surface area contributed by atoms with E-state index in [9.17, 15) is 13.2 Å². The SMILES string of the molecule is CCC(Cl)c1cn(CCOCC(F)(F)F)nn1. The first-order valence-electron chi connectivity index (χ1n) is 5.11. The van der Waals surface area contributed by atoms with Crippen molar-refractivity contribution in [2.45, 2.75) is 31.4 Å². The Morgan fingerprint density at radius 2 is 2.24 bits per heavy atom. The van der Waals surface area contributed by atoms with Crippen molar-refractivity contribution >= 4 is 11.6 Å². The highest BCUT2D eigenvalue weighted by Gasteiger charge is 2.27. The van der Waals surface area contributed by atoms with Crippen LogP contribution in [0, 0.1) is 0 Å². The van der Waals surface area contributed by atoms with Gasteiger partial charge in [0.2, 0.25) is 0 Å². The number of hydrogen-bond acceptors (Lipinski definition) is 3. The zero-order valence-electron chi connectivity index (χ0n) is 9.24. The molecule has 0 amide bonds. The van der Waals surface area contributed by atoms with Crippen LogP contribution >= 0.6 is 11.6 Å². The van der Waals surface area contributed by atoms with E-state index in [1.165, 1.54) is 4.68 Å². The van der Waals surface area contributed by atoms with E-state index >= 15 is 0 Å². The molecule has 17 heavy (non-hydrogen) atoms. The first-order chi connectivity index (χ1) is 7.92. The second-order valence-corrected chi connectivity index (χ2v) is 3.98. The van der Waals surface area contributed by atoms with Gasteiger partial charge in [0, 0.05) is 0 Å². The molecule has 4 nitrogen and oxygen atoms in total. The van der Waals surface area contributed by atoms with Gasteiger partial charge in [-0.25, -0.2) is 4.68 Å². The molecule has 0 aromatic carbocycles. The lowest BCUT2D eigenvalue weighted by molar-refractivity contribution is -0.174. The summed E-state index contributed by atoms with van der Waals surface area (Å²) >= 11 is 5.93. The summed E-state index contributed by atoms with van der Waals surface area (Å²) in [6, 6.07) is 0. The van der Waals surface area contributed by atoms with E-state index in [2.05, 4.69) is 15.0 Å². The molecule has 1 unspecified atom stereocenters. The van der Waals surface area contributed by atoms with E-state index in [4.69, 9.17) is 11.6 Å². The zero-order chi connectivity index (χ0) is 12.9. The highest BCUT2D eigenvalue weighted by molar-refractivity contribution is 6.20. The fourth-order valence-corrected chi connectivity index (χ4v) is 1.22. The second-order valence-electron chi connectivity index (χ2n) is 3.45. The molecular formula is C9H13ClF3N3O. The number of hydrogen-bond donors (Lipinski definition) is 0. The van der Waals surface area contributed by atoms with Crippen LogP contribution in [0.5, 0.6) is 0 Å². The molecule has 1 heterocycles. The molecule has 0 spiro atoms. The Labute approximate surface area is 102 Å². The second kappa shape index (κ2) is 6.20. The number of rotatable bonds is 6. The average Bonchev–Trinajstić information content (AvgIpc) is 2.70. The Bertz CT molecular complexity index is 342. The molecule has 0 saturated carbocycles. The van der Waals surface area contributed by atoms with Crippen LogP contribution in [0.15, 0.2) is 6.20 Å². The minimum Gasteiger partial charge on any atom is -0.370 e. The Hall–Kier alpha value is -0.820. The van der Waals surface area contributed by atoms with Crippen molar-refractivity contribution in [3.63, 3.8) is 0 Å². The predicted molar refractivity (Wildman–Crippen MR) is 55.8 cm³/mol. The van der Waals surface area contributed by atoms with Crippen molar-refractivity contribution in [1.29, 1.82) is 0 Å². The van der Waals surface area contributed by atoms with E-state index in [-0.39, 0.29) is 18.5 Å². The highest BCUT2D eigenvalue weighted by atomic mass is 35.5. The van der Waals surface area contributed by atoms with Gasteiger partial charge in [-0.15, -0.1) is 16.7 Å². The fourth-order valence-electron chi connectivity index (χ4n) is 1.12. The van der Waals surface area contributed by atoms with Crippen LogP contribution < -0.4 is 0 Å². The molecule has 0 bridgehead atoms. The van der Waals surface area contributed by atoms with Crippen molar-refractivity contribution in [3.8, 4) is 0 Å². The van der Waals surface area contributed by atoms with Gasteiger partial charge in [-0.1, -0.05) is 12.1 Å². The number of ether oxygens (including phenoxy) is 1. The maximum absolute atomic E-state index is 11.8. The Kier molecular flexibility index (Phi) is 5.20. The van der Waals surface area contributed by atoms with E-state index in [0.29, 0.717) is 12.1 Å². The Morgan fingerprint density at radius 3 is 2.82 bits per heavy atom. The summed E-state index contributed by atoms with van der Waals surface area (Å²) in [5.41, 5.74) is 0.616. The summed E-state index contributed by atoms with van der Waals surface area (Å²) in [5.74, 6) is 0. The average molecular weight is 272 g/mol. The smallest absolute Gasteiger partial charge is 0.370 e. The first-order valence-corrected chi connectivity index (χ1v) is 5.54. The van der Waals surface area contributed by atoms with Gasteiger partial charge in [0.1, 0.15) is 12.3 Å². The summed E-state index contributed by atoms with van der Waals surface area (Å²) in [6.45, 7) is 0.808. The molecule has 0 N–H and O–H groups in total. The molecule has 8 heteroatoms. The summed E-state index contributed by atoms with van der Waals surface area (Å²) in [5, 5.41) is 7.34. The first kappa shape index (κ1) is 14.2. The van der Waals surface area contributed by atoms with Crippen molar-refractivity contribution in [2.24, 2.45) is 0 Å². The minimum atomic E-state index is -4.29. The van der Waals surface area contributed by atoms with Crippen molar-refractivity contribution in [2.75, 3.05) is 13.2 Å². The molecule has 1 atom stereocenters. The number of nitrogens with zero attached hydrogens (tertiary/aromatic N) is 3. The summed E-state index contributed by atoms with van der Waals surface area (Å²) in [7, 11) is 0. The molecule has 0 aliphatic carbocycles. The van der Waals surface area contributed by atoms with Gasteiger partial charge in [-0.2, -0.15) is 13.2 Å². The minimum absolute atomic E-state index is 0.0681. The normalized spacial score (nSPS) is 13.9. The molecule has 0 fully saturated rings. The number of alkyl halides is 4. The summed E-state index contributed by atoms with van der Waals surface area (Å²) in [4.78, 5) is 0. The standard InChI is InChI=1S/C9H13ClF3N3O/c1-2-7(10)8-5-16(15-14-8)3-4-17-6-9(11,12)13/h5,7H,2-4,6H2,1H3. The molecular weight excluding hydrogens is 259 g/mol. The lowest BCUT2D eigenvalue weighted by atomic mass is 10.3. The van der Waals surface area contributed by atoms with Gasteiger partial charge in [0.05, 0.1) is 24.7 Å². The van der Waals surface area contributed by atoms with E-state index < -0.39 is 12.8 Å². The molecule has 0 saturated heterocycles. The third-order valence-electron chi connectivity index (χ3n) is 1.97. The van der Waals surface area contributed by atoms with Gasteiger partial charge in [0.25, 0.3) is 0 Å². The van der Waals surface area contributed by atoms with Crippen LogP contribution in [-0.2, 0) is 11.3 Å². The third-order valence-corrected chi connectivity index (χ3v) is 2.50. The van der Waals surface area contributed by atoms with E-state index in [0.717, 1.165) is 0 Å². The van der Waals surface area contributed by atoms with E-state index in [1.807, 2.05) is 6.92 Å². The maximum atomic E-state index is 11.8. The Balaban J connectivity index is 2.30. The van der Waals surface area contributed by atoms with Crippen LogP contribution in [0.3, 0.4) is 0 Å². The topological polar surface area (TPSA) is 39.9 Å². The largest absolute Gasteiger partial charge is 0.411 e. The third kappa shape index (κ3) is 5.36. The van der Waals surface area contributed by atoms with Gasteiger partial charge >= 0.3 is 6.18 Å². The molecule has 1 aromatic heterocycles. The predicted octanol–water partition coefficient (Wildman–Crippen LogP) is 2.55. The van der Waals surface area contributed by atoms with Crippen molar-refractivity contribution < 1.29 is 17.9 Å². The quantitative estimate of drug-likeness (QED) is 0.590. The van der Waals surface area contributed by atoms with Crippen LogP contribution in [0.4, 0.5) is 13.2 Å². The summed E-state index contributed by atoms with van der Waals surface area (Å²) in [6.07, 6.45) is -1.97. The molecule has 1 aromatic rings. The van der Waals surface area contributed by atoms with Crippen molar-refractivity contribution in [1.82, 2.24) is 15.0 Å². The monoisotopic (exact) mass is 271 g/mol. The molecule has 0 aliphatic rings. The van der Waals surface area contributed by atoms with Gasteiger partial charge in [0.15, 0.2) is 0 Å². The lowest BCUT2D eigenvalue weighted by Crippen LogP contribution is -2.19. The Morgan fingerprint density at radius 1 is 1.53 bits per heavy atom. The maximum Gasteiger partial charge on any atom is 0.411 e. The fraction of sp³-hybridized carbons (Fsp3) is 0.778. The van der Waals surface area contributed by atoms with Gasteiger partial charge in [-0.3, -0.25) is 0 Å². The van der Waals surface area contributed by atoms with Crippen LogP contribution in [0.1, 0.15) is 24.4 Å². The molecule has 98 valence electrons. The lowest BCUT2D eigenvalue weighted by Gasteiger charge is -2.06. The molecule has 0 aliphatic heterocycles. The molecule has 0 radical (unpaired) electrons.